The summed E-state index contributed by atoms with van der Waals surface area (Å²) < 4.78 is 10.6. The van der Waals surface area contributed by atoms with Crippen LogP contribution in [0.2, 0.25) is 0 Å². The molecule has 3 heteroatoms. The molecule has 3 nitrogen and oxygen atoms in total. The van der Waals surface area contributed by atoms with Gasteiger partial charge < -0.3 is 9.47 Å². The first-order chi connectivity index (χ1) is 15.7. The van der Waals surface area contributed by atoms with Gasteiger partial charge in [-0.3, -0.25) is 4.79 Å². The molecule has 0 amide bonds. The third-order valence-corrected chi connectivity index (χ3v) is 5.88. The van der Waals surface area contributed by atoms with Gasteiger partial charge in [0, 0.05) is 16.7 Å². The molecule has 0 N–H and O–H groups in total. The number of hydrogen-bond donors (Lipinski definition) is 0. The third-order valence-electron chi connectivity index (χ3n) is 5.88. The average molecular weight is 418 g/mol. The molecule has 0 aliphatic heterocycles. The number of hydrogen-bond acceptors (Lipinski definition) is 3. The molecule has 5 rings (SSSR count). The molecule has 0 radical (unpaired) electrons. The lowest BCUT2D eigenvalue weighted by Crippen LogP contribution is -1.98. The minimum absolute atomic E-state index is 0.0376. The number of Topliss-reactive ketones (excluding diaryl/α,β-unsaturated/α-hetero) is 1. The highest BCUT2D eigenvalue weighted by Crippen LogP contribution is 2.44. The molecule has 32 heavy (non-hydrogen) atoms. The zero-order chi connectivity index (χ0) is 22.1. The molecule has 0 unspecified atom stereocenters. The first-order valence-electron chi connectivity index (χ1n) is 10.5. The highest BCUT2D eigenvalue weighted by atomic mass is 16.5. The van der Waals surface area contributed by atoms with Crippen molar-refractivity contribution in [1.29, 1.82) is 0 Å². The number of carbonyl (C=O) groups excluding carboxylic acids is 1. The topological polar surface area (TPSA) is 35.5 Å². The maximum atomic E-state index is 13.6. The summed E-state index contributed by atoms with van der Waals surface area (Å²) in [6.45, 7) is 0. The number of benzene rings is 4. The second-order valence-electron chi connectivity index (χ2n) is 7.66. The van der Waals surface area contributed by atoms with Crippen LogP contribution >= 0.6 is 0 Å². The highest BCUT2D eigenvalue weighted by molar-refractivity contribution is 6.41. The van der Waals surface area contributed by atoms with Crippen molar-refractivity contribution in [2.45, 2.75) is 0 Å². The first kappa shape index (κ1) is 19.8. The van der Waals surface area contributed by atoms with Gasteiger partial charge in [0.05, 0.1) is 14.2 Å². The van der Waals surface area contributed by atoms with Gasteiger partial charge in [0.2, 0.25) is 0 Å². The normalized spacial score (nSPS) is 12.6. The van der Waals surface area contributed by atoms with E-state index >= 15 is 0 Å². The van der Waals surface area contributed by atoms with Crippen LogP contribution in [0.1, 0.15) is 27.0 Å². The maximum absolute atomic E-state index is 13.6. The van der Waals surface area contributed by atoms with E-state index in [1.165, 1.54) is 0 Å². The van der Waals surface area contributed by atoms with Gasteiger partial charge in [-0.05, 0) is 64.2 Å². The second kappa shape index (κ2) is 8.20. The Labute approximate surface area is 187 Å². The Kier molecular flexibility index (Phi) is 5.08. The number of ether oxygens (including phenoxy) is 2. The number of rotatable bonds is 5. The van der Waals surface area contributed by atoms with Gasteiger partial charge in [0.1, 0.15) is 11.5 Å². The SMILES string of the molecule is COc1ccc(C2=C(c3ccc(OC)cc3)c3cc(-c4ccccc4)ccc3C2=O)cc1. The predicted molar refractivity (Wildman–Crippen MR) is 128 cm³/mol. The van der Waals surface area contributed by atoms with Gasteiger partial charge in [-0.1, -0.05) is 60.7 Å². The lowest BCUT2D eigenvalue weighted by molar-refractivity contribution is 0.105. The highest BCUT2D eigenvalue weighted by Gasteiger charge is 2.31. The van der Waals surface area contributed by atoms with Crippen molar-refractivity contribution >= 4 is 16.9 Å². The molecule has 0 heterocycles. The van der Waals surface area contributed by atoms with Crippen LogP contribution in [0, 0.1) is 0 Å². The second-order valence-corrected chi connectivity index (χ2v) is 7.66. The quantitative estimate of drug-likeness (QED) is 0.370. The van der Waals surface area contributed by atoms with E-state index in [1.54, 1.807) is 14.2 Å². The summed E-state index contributed by atoms with van der Waals surface area (Å²) in [6, 6.07) is 31.9. The van der Waals surface area contributed by atoms with Crippen LogP contribution in [0.3, 0.4) is 0 Å². The molecular weight excluding hydrogens is 396 g/mol. The van der Waals surface area contributed by atoms with Gasteiger partial charge in [0.25, 0.3) is 0 Å². The molecule has 1 aliphatic carbocycles. The molecule has 4 aromatic carbocycles. The zero-order valence-electron chi connectivity index (χ0n) is 18.0. The minimum Gasteiger partial charge on any atom is -0.497 e. The van der Waals surface area contributed by atoms with Gasteiger partial charge in [-0.2, -0.15) is 0 Å². The molecule has 4 aromatic rings. The lowest BCUT2D eigenvalue weighted by Gasteiger charge is -2.11. The molecular formula is C29H22O3. The molecule has 0 saturated carbocycles. The van der Waals surface area contributed by atoms with E-state index in [4.69, 9.17) is 9.47 Å². The van der Waals surface area contributed by atoms with E-state index in [2.05, 4.69) is 18.2 Å². The van der Waals surface area contributed by atoms with Crippen LogP contribution in [0.25, 0.3) is 22.3 Å². The maximum Gasteiger partial charge on any atom is 0.194 e. The molecule has 0 atom stereocenters. The van der Waals surface area contributed by atoms with Crippen molar-refractivity contribution in [3.8, 4) is 22.6 Å². The molecule has 0 fully saturated rings. The fourth-order valence-corrected chi connectivity index (χ4v) is 4.23. The largest absolute Gasteiger partial charge is 0.497 e. The van der Waals surface area contributed by atoms with Crippen LogP contribution in [0.5, 0.6) is 11.5 Å². The van der Waals surface area contributed by atoms with Crippen LogP contribution < -0.4 is 9.47 Å². The van der Waals surface area contributed by atoms with Gasteiger partial charge in [-0.15, -0.1) is 0 Å². The Hall–Kier alpha value is -4.11. The fraction of sp³-hybridized carbons (Fsp3) is 0.0690. The van der Waals surface area contributed by atoms with E-state index in [-0.39, 0.29) is 5.78 Å². The lowest BCUT2D eigenvalue weighted by atomic mass is 9.93. The molecule has 156 valence electrons. The summed E-state index contributed by atoms with van der Waals surface area (Å²) in [5.74, 6) is 1.58. The zero-order valence-corrected chi connectivity index (χ0v) is 18.0. The number of carbonyl (C=O) groups is 1. The Morgan fingerprint density at radius 3 is 1.59 bits per heavy atom. The predicted octanol–water partition coefficient (Wildman–Crippen LogP) is 6.53. The van der Waals surface area contributed by atoms with E-state index in [1.807, 2.05) is 78.9 Å². The smallest absolute Gasteiger partial charge is 0.194 e. The summed E-state index contributed by atoms with van der Waals surface area (Å²) >= 11 is 0. The number of fused-ring (bicyclic) bond motifs is 1. The van der Waals surface area contributed by atoms with Crippen molar-refractivity contribution < 1.29 is 14.3 Å². The van der Waals surface area contributed by atoms with E-state index in [0.717, 1.165) is 50.5 Å². The van der Waals surface area contributed by atoms with Crippen molar-refractivity contribution in [3.05, 3.63) is 119 Å². The summed E-state index contributed by atoms with van der Waals surface area (Å²) in [7, 11) is 3.29. The minimum atomic E-state index is 0.0376. The first-order valence-corrected chi connectivity index (χ1v) is 10.5. The van der Waals surface area contributed by atoms with E-state index < -0.39 is 0 Å². The number of allylic oxidation sites excluding steroid dienone is 1. The number of ketones is 1. The molecule has 0 spiro atoms. The van der Waals surface area contributed by atoms with Gasteiger partial charge in [0.15, 0.2) is 5.78 Å². The monoisotopic (exact) mass is 418 g/mol. The standard InChI is InChI=1S/C29H22O3/c1-31-23-13-8-20(9-14-23)27-26-18-22(19-6-4-3-5-7-19)12-17-25(26)29(30)28(27)21-10-15-24(32-2)16-11-21/h3-18H,1-2H3. The summed E-state index contributed by atoms with van der Waals surface area (Å²) in [6.07, 6.45) is 0. The Morgan fingerprint density at radius 2 is 1.03 bits per heavy atom. The molecule has 1 aliphatic rings. The Morgan fingerprint density at radius 1 is 0.500 bits per heavy atom. The molecule has 0 saturated heterocycles. The summed E-state index contributed by atoms with van der Waals surface area (Å²) in [5, 5.41) is 0. The van der Waals surface area contributed by atoms with E-state index in [0.29, 0.717) is 5.57 Å². The fourth-order valence-electron chi connectivity index (χ4n) is 4.23. The third kappa shape index (κ3) is 3.38. The van der Waals surface area contributed by atoms with Crippen LogP contribution in [-0.4, -0.2) is 20.0 Å². The van der Waals surface area contributed by atoms with Gasteiger partial charge in [-0.25, -0.2) is 0 Å². The van der Waals surface area contributed by atoms with Crippen molar-refractivity contribution in [3.63, 3.8) is 0 Å². The van der Waals surface area contributed by atoms with Crippen molar-refractivity contribution in [2.24, 2.45) is 0 Å². The van der Waals surface area contributed by atoms with E-state index in [9.17, 15) is 4.79 Å². The molecule has 0 bridgehead atoms. The Bertz CT molecular complexity index is 1320. The Balaban J connectivity index is 1.73. The summed E-state index contributed by atoms with van der Waals surface area (Å²) in [5.41, 5.74) is 7.38. The number of methoxy groups -OCH3 is 2. The van der Waals surface area contributed by atoms with Crippen LogP contribution in [0.15, 0.2) is 97.1 Å². The average Bonchev–Trinajstić information content (AvgIpc) is 3.16. The van der Waals surface area contributed by atoms with Crippen LogP contribution in [0.4, 0.5) is 0 Å². The summed E-state index contributed by atoms with van der Waals surface area (Å²) in [4.78, 5) is 13.6. The van der Waals surface area contributed by atoms with Gasteiger partial charge >= 0.3 is 0 Å². The van der Waals surface area contributed by atoms with Crippen molar-refractivity contribution in [2.75, 3.05) is 14.2 Å². The van der Waals surface area contributed by atoms with Crippen LogP contribution in [-0.2, 0) is 0 Å². The molecule has 0 aromatic heterocycles. The van der Waals surface area contributed by atoms with Crippen molar-refractivity contribution in [1.82, 2.24) is 0 Å².